The van der Waals surface area contributed by atoms with Gasteiger partial charge in [-0.25, -0.2) is 0 Å². The van der Waals surface area contributed by atoms with Crippen molar-refractivity contribution >= 4 is 39.6 Å². The van der Waals surface area contributed by atoms with Crippen molar-refractivity contribution in [3.8, 4) is 0 Å². The fourth-order valence-corrected chi connectivity index (χ4v) is 4.42. The minimum atomic E-state index is -4.49. The van der Waals surface area contributed by atoms with Crippen molar-refractivity contribution in [1.29, 1.82) is 0 Å². The number of allylic oxidation sites excluding steroid dienone is 6. The van der Waals surface area contributed by atoms with E-state index in [4.69, 9.17) is 11.6 Å². The number of rotatable bonds is 10. The average Bonchev–Trinajstić information content (AvgIpc) is 2.69. The molecule has 0 bridgehead atoms. The topological polar surface area (TPSA) is 34.1 Å². The number of aryl methyl sites for hydroxylation is 1. The number of ketones is 1. The molecule has 0 N–H and O–H groups in total. The van der Waals surface area contributed by atoms with Gasteiger partial charge in [-0.3, -0.25) is 9.59 Å². The number of carbonyl (C=O) groups is 2. The van der Waals surface area contributed by atoms with E-state index in [9.17, 15) is 22.8 Å². The maximum Gasteiger partial charge on any atom is 0.399 e. The van der Waals surface area contributed by atoms with Crippen LogP contribution in [0.4, 0.5) is 13.2 Å². The minimum absolute atomic E-state index is 0.0979. The Labute approximate surface area is 195 Å². The summed E-state index contributed by atoms with van der Waals surface area (Å²) in [4.78, 5) is 22.6. The van der Waals surface area contributed by atoms with E-state index in [0.29, 0.717) is 28.8 Å². The molecule has 7 heteroatoms. The minimum Gasteiger partial charge on any atom is -0.294 e. The molecule has 2 unspecified atom stereocenters. The molecule has 0 fully saturated rings. The molecule has 0 aliphatic rings. The zero-order chi connectivity index (χ0) is 23.8. The largest absolute Gasteiger partial charge is 0.399 e. The van der Waals surface area contributed by atoms with Gasteiger partial charge in [0.2, 0.25) is 5.78 Å². The SMILES string of the molecule is CC/C=C(C(=O)C=O)\C(Br)=C/C(C)/C=C/C(c1cc(Cl)c(CC)c(CC)c1)C(F)(F)F. The van der Waals surface area contributed by atoms with Crippen LogP contribution in [0, 0.1) is 5.92 Å². The lowest BCUT2D eigenvalue weighted by Crippen LogP contribution is -2.19. The first-order chi connectivity index (χ1) is 14.5. The Balaban J connectivity index is 3.30. The fourth-order valence-electron chi connectivity index (χ4n) is 3.26. The highest BCUT2D eigenvalue weighted by Gasteiger charge is 2.39. The Morgan fingerprint density at radius 1 is 1.16 bits per heavy atom. The van der Waals surface area contributed by atoms with E-state index in [1.165, 1.54) is 12.1 Å². The summed E-state index contributed by atoms with van der Waals surface area (Å²) in [6.45, 7) is 7.32. The second-order valence-electron chi connectivity index (χ2n) is 7.13. The van der Waals surface area contributed by atoms with Crippen LogP contribution in [-0.2, 0) is 22.4 Å². The summed E-state index contributed by atoms with van der Waals surface area (Å²) in [7, 11) is 0. The molecule has 0 amide bonds. The number of aldehydes is 1. The number of benzene rings is 1. The van der Waals surface area contributed by atoms with E-state index in [1.807, 2.05) is 20.8 Å². The smallest absolute Gasteiger partial charge is 0.294 e. The van der Waals surface area contributed by atoms with Crippen LogP contribution in [-0.4, -0.2) is 18.2 Å². The predicted molar refractivity (Wildman–Crippen MR) is 124 cm³/mol. The molecule has 1 aromatic rings. The molecule has 0 radical (unpaired) electrons. The molecule has 0 heterocycles. The average molecular weight is 520 g/mol. The van der Waals surface area contributed by atoms with Gasteiger partial charge < -0.3 is 0 Å². The Kier molecular flexibility index (Phi) is 10.9. The molecule has 0 saturated carbocycles. The molecule has 31 heavy (non-hydrogen) atoms. The zero-order valence-electron chi connectivity index (χ0n) is 18.0. The van der Waals surface area contributed by atoms with Crippen LogP contribution in [0.25, 0.3) is 0 Å². The van der Waals surface area contributed by atoms with Gasteiger partial charge in [-0.1, -0.05) is 85.6 Å². The highest BCUT2D eigenvalue weighted by molar-refractivity contribution is 9.12. The van der Waals surface area contributed by atoms with Gasteiger partial charge in [-0.2, -0.15) is 13.2 Å². The summed E-state index contributed by atoms with van der Waals surface area (Å²) in [6, 6.07) is 2.97. The Hall–Kier alpha value is -1.66. The summed E-state index contributed by atoms with van der Waals surface area (Å²) in [6.07, 6.45) is 3.24. The van der Waals surface area contributed by atoms with Crippen LogP contribution in [0.3, 0.4) is 0 Å². The van der Waals surface area contributed by atoms with Crippen LogP contribution in [0.2, 0.25) is 5.02 Å². The third kappa shape index (κ3) is 7.76. The van der Waals surface area contributed by atoms with Gasteiger partial charge in [-0.15, -0.1) is 0 Å². The third-order valence-corrected chi connectivity index (χ3v) is 5.84. The Morgan fingerprint density at radius 3 is 2.29 bits per heavy atom. The molecular weight excluding hydrogens is 493 g/mol. The molecule has 1 aromatic carbocycles. The zero-order valence-corrected chi connectivity index (χ0v) is 20.4. The summed E-state index contributed by atoms with van der Waals surface area (Å²) >= 11 is 9.54. The van der Waals surface area contributed by atoms with Gasteiger partial charge in [0.15, 0.2) is 6.29 Å². The van der Waals surface area contributed by atoms with Crippen molar-refractivity contribution in [3.05, 3.63) is 68.2 Å². The second-order valence-corrected chi connectivity index (χ2v) is 8.40. The van der Waals surface area contributed by atoms with E-state index < -0.39 is 23.8 Å². The van der Waals surface area contributed by atoms with Crippen LogP contribution in [0.1, 0.15) is 56.7 Å². The Morgan fingerprint density at radius 2 is 1.81 bits per heavy atom. The number of hydrogen-bond acceptors (Lipinski definition) is 2. The van der Waals surface area contributed by atoms with Gasteiger partial charge in [0.1, 0.15) is 0 Å². The van der Waals surface area contributed by atoms with Crippen molar-refractivity contribution in [1.82, 2.24) is 0 Å². The van der Waals surface area contributed by atoms with E-state index in [-0.39, 0.29) is 17.4 Å². The number of Topliss-reactive ketones (excluding diaryl/α,β-unsaturated/α-hetero) is 1. The van der Waals surface area contributed by atoms with Crippen molar-refractivity contribution in [3.63, 3.8) is 0 Å². The molecular formula is C24H27BrClF3O2. The van der Waals surface area contributed by atoms with Gasteiger partial charge >= 0.3 is 6.18 Å². The van der Waals surface area contributed by atoms with Crippen LogP contribution < -0.4 is 0 Å². The number of carbonyl (C=O) groups excluding carboxylic acids is 2. The number of hydrogen-bond donors (Lipinski definition) is 0. The maximum absolute atomic E-state index is 13.8. The van der Waals surface area contributed by atoms with Gasteiger partial charge in [0, 0.05) is 15.1 Å². The molecule has 1 rings (SSSR count). The first-order valence-electron chi connectivity index (χ1n) is 10.1. The Bertz CT molecular complexity index is 886. The van der Waals surface area contributed by atoms with Crippen molar-refractivity contribution in [2.75, 3.05) is 0 Å². The lowest BCUT2D eigenvalue weighted by atomic mass is 9.91. The monoisotopic (exact) mass is 518 g/mol. The lowest BCUT2D eigenvalue weighted by Gasteiger charge is -2.20. The molecule has 0 saturated heterocycles. The van der Waals surface area contributed by atoms with E-state index in [0.717, 1.165) is 17.2 Å². The van der Waals surface area contributed by atoms with Gasteiger partial charge in [-0.05, 0) is 47.9 Å². The van der Waals surface area contributed by atoms with Crippen LogP contribution in [0.15, 0.2) is 46.5 Å². The highest BCUT2D eigenvalue weighted by atomic mass is 79.9. The molecule has 2 atom stereocenters. The van der Waals surface area contributed by atoms with Gasteiger partial charge in [0.05, 0.1) is 5.92 Å². The predicted octanol–water partition coefficient (Wildman–Crippen LogP) is 7.69. The quantitative estimate of drug-likeness (QED) is 0.104. The van der Waals surface area contributed by atoms with Crippen molar-refractivity contribution < 1.29 is 22.8 Å². The molecule has 170 valence electrons. The fraction of sp³-hybridized carbons (Fsp3) is 0.417. The second kappa shape index (κ2) is 12.4. The van der Waals surface area contributed by atoms with E-state index in [2.05, 4.69) is 15.9 Å². The van der Waals surface area contributed by atoms with Crippen molar-refractivity contribution in [2.24, 2.45) is 5.92 Å². The summed E-state index contributed by atoms with van der Waals surface area (Å²) in [5.41, 5.74) is 1.97. The first-order valence-corrected chi connectivity index (χ1v) is 11.3. The third-order valence-electron chi connectivity index (χ3n) is 4.81. The lowest BCUT2D eigenvalue weighted by molar-refractivity contribution is -0.139. The van der Waals surface area contributed by atoms with E-state index in [1.54, 1.807) is 25.1 Å². The van der Waals surface area contributed by atoms with Gasteiger partial charge in [0.25, 0.3) is 0 Å². The summed E-state index contributed by atoms with van der Waals surface area (Å²) < 4.78 is 41.9. The molecule has 0 spiro atoms. The number of halogens is 5. The summed E-state index contributed by atoms with van der Waals surface area (Å²) in [5, 5.41) is 0.344. The molecule has 0 aliphatic heterocycles. The highest BCUT2D eigenvalue weighted by Crippen LogP contribution is 2.39. The molecule has 0 aliphatic carbocycles. The van der Waals surface area contributed by atoms with Crippen LogP contribution >= 0.6 is 27.5 Å². The van der Waals surface area contributed by atoms with Crippen molar-refractivity contribution in [2.45, 2.75) is 59.1 Å². The van der Waals surface area contributed by atoms with Crippen LogP contribution in [0.5, 0.6) is 0 Å². The standard InChI is InChI=1S/C24H27BrClF3O2/c1-5-8-19(23(31)14-30)21(25)11-15(4)9-10-20(24(27,28)29)17-12-16(6-2)18(7-3)22(26)13-17/h8-15,20H,5-7H2,1-4H3/b10-9+,19-8+,21-11+. The van der Waals surface area contributed by atoms with E-state index >= 15 is 0 Å². The summed E-state index contributed by atoms with van der Waals surface area (Å²) in [5.74, 6) is -2.92. The normalized spacial score (nSPS) is 15.3. The molecule has 0 aromatic heterocycles. The maximum atomic E-state index is 13.8. The first kappa shape index (κ1) is 27.4. The molecule has 2 nitrogen and oxygen atoms in total. The number of alkyl halides is 3.